The van der Waals surface area contributed by atoms with Crippen molar-refractivity contribution < 1.29 is 9.26 Å². The van der Waals surface area contributed by atoms with Crippen LogP contribution in [0.1, 0.15) is 44.1 Å². The number of ether oxygens (including phenoxy) is 1. The molecule has 3 aromatic rings. The first-order valence-electron chi connectivity index (χ1n) is 9.55. The third kappa shape index (κ3) is 6.03. The standard InChI is InChI=1S/C22H28N4O2.ClH/c1-15(2)27-20-10-8-17(9-11-20)19-7-5-6-18(12-19)16(3)26(4)14-21-24-22(13-23)28-25-21;/h5-12,15-16H,13-14,23H2,1-4H3;1H. The van der Waals surface area contributed by atoms with Crippen molar-refractivity contribution in [3.05, 3.63) is 65.8 Å². The molecule has 0 aliphatic heterocycles. The molecule has 0 aliphatic rings. The highest BCUT2D eigenvalue weighted by Crippen LogP contribution is 2.27. The van der Waals surface area contributed by atoms with Crippen LogP contribution in [-0.2, 0) is 13.1 Å². The molecular formula is C22H29ClN4O2. The lowest BCUT2D eigenvalue weighted by Crippen LogP contribution is -2.22. The van der Waals surface area contributed by atoms with E-state index in [0.717, 1.165) is 5.75 Å². The summed E-state index contributed by atoms with van der Waals surface area (Å²) in [6.45, 7) is 7.08. The van der Waals surface area contributed by atoms with Gasteiger partial charge >= 0.3 is 0 Å². The fourth-order valence-corrected chi connectivity index (χ4v) is 3.03. The summed E-state index contributed by atoms with van der Waals surface area (Å²) in [7, 11) is 2.05. The van der Waals surface area contributed by atoms with Gasteiger partial charge in [0.15, 0.2) is 5.82 Å². The second-order valence-electron chi connectivity index (χ2n) is 7.22. The lowest BCUT2D eigenvalue weighted by molar-refractivity contribution is 0.242. The molecule has 0 spiro atoms. The van der Waals surface area contributed by atoms with Gasteiger partial charge in [-0.2, -0.15) is 4.98 Å². The summed E-state index contributed by atoms with van der Waals surface area (Å²) in [4.78, 5) is 6.47. The highest BCUT2D eigenvalue weighted by Gasteiger charge is 2.15. The monoisotopic (exact) mass is 416 g/mol. The van der Waals surface area contributed by atoms with Gasteiger partial charge in [0.05, 0.1) is 19.2 Å². The van der Waals surface area contributed by atoms with Crippen molar-refractivity contribution in [3.8, 4) is 16.9 Å². The van der Waals surface area contributed by atoms with Gasteiger partial charge in [-0.3, -0.25) is 4.90 Å². The minimum absolute atomic E-state index is 0. The average molecular weight is 417 g/mol. The summed E-state index contributed by atoms with van der Waals surface area (Å²) >= 11 is 0. The fraction of sp³-hybridized carbons (Fsp3) is 0.364. The second-order valence-corrected chi connectivity index (χ2v) is 7.22. The molecule has 1 atom stereocenters. The van der Waals surface area contributed by atoms with Gasteiger partial charge in [0.25, 0.3) is 0 Å². The van der Waals surface area contributed by atoms with E-state index in [1.165, 1.54) is 16.7 Å². The maximum atomic E-state index is 5.73. The van der Waals surface area contributed by atoms with Gasteiger partial charge in [-0.15, -0.1) is 12.4 Å². The van der Waals surface area contributed by atoms with Crippen LogP contribution in [0.3, 0.4) is 0 Å². The van der Waals surface area contributed by atoms with Crippen molar-refractivity contribution in [1.29, 1.82) is 0 Å². The third-order valence-electron chi connectivity index (χ3n) is 4.67. The quantitative estimate of drug-likeness (QED) is 0.578. The Labute approximate surface area is 178 Å². The minimum Gasteiger partial charge on any atom is -0.491 e. The van der Waals surface area contributed by atoms with E-state index in [1.807, 2.05) is 33.0 Å². The molecule has 0 fully saturated rings. The number of aromatic nitrogens is 2. The predicted molar refractivity (Wildman–Crippen MR) is 117 cm³/mol. The molecule has 0 amide bonds. The molecular weight excluding hydrogens is 388 g/mol. The van der Waals surface area contributed by atoms with Crippen molar-refractivity contribution in [2.45, 2.75) is 46.0 Å². The largest absolute Gasteiger partial charge is 0.491 e. The first kappa shape index (κ1) is 22.9. The molecule has 2 aromatic carbocycles. The molecule has 1 heterocycles. The highest BCUT2D eigenvalue weighted by atomic mass is 35.5. The van der Waals surface area contributed by atoms with Gasteiger partial charge in [-0.05, 0) is 62.7 Å². The zero-order valence-electron chi connectivity index (χ0n) is 17.3. The molecule has 1 unspecified atom stereocenters. The van der Waals surface area contributed by atoms with E-state index in [0.29, 0.717) is 18.3 Å². The van der Waals surface area contributed by atoms with Crippen molar-refractivity contribution in [3.63, 3.8) is 0 Å². The molecule has 0 radical (unpaired) electrons. The van der Waals surface area contributed by atoms with Gasteiger partial charge < -0.3 is 15.0 Å². The van der Waals surface area contributed by atoms with Gasteiger partial charge in [0, 0.05) is 6.04 Å². The van der Waals surface area contributed by atoms with Crippen LogP contribution in [0.15, 0.2) is 53.1 Å². The summed E-state index contributed by atoms with van der Waals surface area (Å²) in [6, 6.07) is 17.0. The molecule has 2 N–H and O–H groups in total. The maximum Gasteiger partial charge on any atom is 0.240 e. The number of nitrogens with two attached hydrogens (primary N) is 1. The number of benzene rings is 2. The zero-order chi connectivity index (χ0) is 20.1. The molecule has 7 heteroatoms. The summed E-state index contributed by atoms with van der Waals surface area (Å²) < 4.78 is 10.8. The number of rotatable bonds is 8. The molecule has 0 bridgehead atoms. The van der Waals surface area contributed by atoms with Gasteiger partial charge in [-0.1, -0.05) is 35.5 Å². The molecule has 6 nitrogen and oxygen atoms in total. The summed E-state index contributed by atoms with van der Waals surface area (Å²) in [6.07, 6.45) is 0.172. The average Bonchev–Trinajstić information content (AvgIpc) is 3.15. The van der Waals surface area contributed by atoms with Crippen LogP contribution in [0.25, 0.3) is 11.1 Å². The van der Waals surface area contributed by atoms with Gasteiger partial charge in [0.2, 0.25) is 5.89 Å². The molecule has 0 saturated heterocycles. The Morgan fingerprint density at radius 3 is 2.41 bits per heavy atom. The first-order chi connectivity index (χ1) is 13.5. The van der Waals surface area contributed by atoms with E-state index in [4.69, 9.17) is 15.0 Å². The van der Waals surface area contributed by atoms with E-state index in [2.05, 4.69) is 58.4 Å². The second kappa shape index (κ2) is 10.4. The Bertz CT molecular complexity index is 896. The maximum absolute atomic E-state index is 5.73. The van der Waals surface area contributed by atoms with Crippen LogP contribution in [0.2, 0.25) is 0 Å². The summed E-state index contributed by atoms with van der Waals surface area (Å²) in [5.41, 5.74) is 9.10. The zero-order valence-corrected chi connectivity index (χ0v) is 18.1. The molecule has 0 saturated carbocycles. The van der Waals surface area contributed by atoms with Crippen molar-refractivity contribution in [2.24, 2.45) is 5.73 Å². The van der Waals surface area contributed by atoms with Crippen LogP contribution < -0.4 is 10.5 Å². The van der Waals surface area contributed by atoms with E-state index >= 15 is 0 Å². The minimum atomic E-state index is 0. The Hall–Kier alpha value is -2.41. The Morgan fingerprint density at radius 1 is 1.07 bits per heavy atom. The number of hydrogen-bond donors (Lipinski definition) is 1. The Morgan fingerprint density at radius 2 is 1.79 bits per heavy atom. The lowest BCUT2D eigenvalue weighted by Gasteiger charge is -2.24. The van der Waals surface area contributed by atoms with Gasteiger partial charge in [-0.25, -0.2) is 0 Å². The van der Waals surface area contributed by atoms with E-state index in [-0.39, 0.29) is 31.1 Å². The van der Waals surface area contributed by atoms with Crippen LogP contribution in [0.4, 0.5) is 0 Å². The van der Waals surface area contributed by atoms with Crippen molar-refractivity contribution in [2.75, 3.05) is 7.05 Å². The SMILES string of the molecule is CC(C)Oc1ccc(-c2cccc(C(C)N(C)Cc3noc(CN)n3)c2)cc1.Cl. The van der Waals surface area contributed by atoms with E-state index in [9.17, 15) is 0 Å². The summed E-state index contributed by atoms with van der Waals surface area (Å²) in [5.74, 6) is 2.00. The topological polar surface area (TPSA) is 77.4 Å². The van der Waals surface area contributed by atoms with Gasteiger partial charge in [0.1, 0.15) is 5.75 Å². The van der Waals surface area contributed by atoms with Crippen LogP contribution in [0, 0.1) is 0 Å². The number of hydrogen-bond acceptors (Lipinski definition) is 6. The smallest absolute Gasteiger partial charge is 0.240 e. The number of nitrogens with zero attached hydrogens (tertiary/aromatic N) is 3. The Balaban J connectivity index is 0.00000300. The van der Waals surface area contributed by atoms with Crippen molar-refractivity contribution in [1.82, 2.24) is 15.0 Å². The third-order valence-corrected chi connectivity index (χ3v) is 4.67. The Kier molecular flexibility index (Phi) is 8.20. The molecule has 29 heavy (non-hydrogen) atoms. The van der Waals surface area contributed by atoms with E-state index in [1.54, 1.807) is 0 Å². The molecule has 3 rings (SSSR count). The predicted octanol–water partition coefficient (Wildman–Crippen LogP) is 4.60. The van der Waals surface area contributed by atoms with E-state index < -0.39 is 0 Å². The number of halogens is 1. The lowest BCUT2D eigenvalue weighted by atomic mass is 9.99. The molecule has 0 aliphatic carbocycles. The van der Waals surface area contributed by atoms with Crippen molar-refractivity contribution >= 4 is 12.4 Å². The van der Waals surface area contributed by atoms with Crippen LogP contribution in [0.5, 0.6) is 5.75 Å². The molecule has 156 valence electrons. The first-order valence-corrected chi connectivity index (χ1v) is 9.55. The van der Waals surface area contributed by atoms with Crippen LogP contribution >= 0.6 is 12.4 Å². The molecule has 1 aromatic heterocycles. The normalized spacial score (nSPS) is 12.1. The summed E-state index contributed by atoms with van der Waals surface area (Å²) in [5, 5.41) is 3.98. The van der Waals surface area contributed by atoms with Crippen LogP contribution in [-0.4, -0.2) is 28.2 Å². The fourth-order valence-electron chi connectivity index (χ4n) is 3.03. The highest BCUT2D eigenvalue weighted by molar-refractivity contribution is 5.85.